The Labute approximate surface area is 103 Å². The molecule has 1 nitrogen and oxygen atoms in total. The van der Waals surface area contributed by atoms with Gasteiger partial charge in [-0.3, -0.25) is 0 Å². The molecule has 0 radical (unpaired) electrons. The Bertz CT molecular complexity index is 336. The third-order valence-electron chi connectivity index (χ3n) is 3.00. The minimum atomic E-state index is -0.362. The fourth-order valence-electron chi connectivity index (χ4n) is 2.13. The molecule has 0 amide bonds. The first-order chi connectivity index (χ1) is 7.54. The highest BCUT2D eigenvalue weighted by Gasteiger charge is 2.14. The Kier molecular flexibility index (Phi) is 5.30. The van der Waals surface area contributed by atoms with E-state index in [1.807, 2.05) is 25.1 Å². The number of rotatable bonds is 5. The van der Waals surface area contributed by atoms with Crippen LogP contribution in [0.2, 0.25) is 5.02 Å². The van der Waals surface area contributed by atoms with Gasteiger partial charge in [0.1, 0.15) is 0 Å². The van der Waals surface area contributed by atoms with Crippen molar-refractivity contribution >= 4 is 11.6 Å². The number of halogens is 1. The van der Waals surface area contributed by atoms with Gasteiger partial charge in [-0.05, 0) is 42.5 Å². The van der Waals surface area contributed by atoms with Gasteiger partial charge in [0.25, 0.3) is 0 Å². The van der Waals surface area contributed by atoms with E-state index in [0.29, 0.717) is 5.92 Å². The standard InChI is InChI=1S/C14H21ClO/c1-4-5-10(2)8-14(16)13-7-6-12(15)9-11(13)3/h6-7,9-10,14,16H,4-5,8H2,1-3H3. The Balaban J connectivity index is 2.69. The molecule has 1 aromatic carbocycles. The summed E-state index contributed by atoms with van der Waals surface area (Å²) in [6, 6.07) is 5.68. The van der Waals surface area contributed by atoms with Crippen LogP contribution in [-0.4, -0.2) is 5.11 Å². The molecular weight excluding hydrogens is 220 g/mol. The highest BCUT2D eigenvalue weighted by atomic mass is 35.5. The summed E-state index contributed by atoms with van der Waals surface area (Å²) in [5.74, 6) is 0.565. The van der Waals surface area contributed by atoms with Crippen molar-refractivity contribution in [1.29, 1.82) is 0 Å². The summed E-state index contributed by atoms with van der Waals surface area (Å²) in [5, 5.41) is 10.9. The average Bonchev–Trinajstić information content (AvgIpc) is 2.17. The number of hydrogen-bond donors (Lipinski definition) is 1. The molecule has 0 aliphatic carbocycles. The first kappa shape index (κ1) is 13.5. The predicted molar refractivity (Wildman–Crippen MR) is 69.8 cm³/mol. The lowest BCUT2D eigenvalue weighted by atomic mass is 9.93. The van der Waals surface area contributed by atoms with Crippen molar-refractivity contribution < 1.29 is 5.11 Å². The van der Waals surface area contributed by atoms with Gasteiger partial charge < -0.3 is 5.11 Å². The normalized spacial score (nSPS) is 14.8. The van der Waals surface area contributed by atoms with Crippen LogP contribution in [0, 0.1) is 12.8 Å². The van der Waals surface area contributed by atoms with Crippen molar-refractivity contribution in [3.05, 3.63) is 34.3 Å². The molecule has 0 bridgehead atoms. The molecule has 1 rings (SSSR count). The van der Waals surface area contributed by atoms with E-state index in [1.54, 1.807) is 0 Å². The predicted octanol–water partition coefficient (Wildman–Crippen LogP) is 4.51. The first-order valence-electron chi connectivity index (χ1n) is 5.98. The summed E-state index contributed by atoms with van der Waals surface area (Å²) in [4.78, 5) is 0. The molecule has 0 fully saturated rings. The van der Waals surface area contributed by atoms with Crippen LogP contribution in [0.25, 0.3) is 0 Å². The molecule has 2 unspecified atom stereocenters. The zero-order valence-corrected chi connectivity index (χ0v) is 11.1. The molecule has 16 heavy (non-hydrogen) atoms. The number of aryl methyl sites for hydroxylation is 1. The second kappa shape index (κ2) is 6.27. The molecule has 90 valence electrons. The third kappa shape index (κ3) is 3.80. The summed E-state index contributed by atoms with van der Waals surface area (Å²) < 4.78 is 0. The summed E-state index contributed by atoms with van der Waals surface area (Å²) in [6.45, 7) is 6.36. The molecule has 2 heteroatoms. The number of benzene rings is 1. The zero-order valence-electron chi connectivity index (χ0n) is 10.3. The topological polar surface area (TPSA) is 20.2 Å². The molecule has 0 saturated carbocycles. The van der Waals surface area contributed by atoms with Crippen LogP contribution in [-0.2, 0) is 0 Å². The van der Waals surface area contributed by atoms with Crippen molar-refractivity contribution in [2.45, 2.75) is 46.1 Å². The first-order valence-corrected chi connectivity index (χ1v) is 6.36. The van der Waals surface area contributed by atoms with Crippen LogP contribution in [0.1, 0.15) is 50.3 Å². The fourth-order valence-corrected chi connectivity index (χ4v) is 2.36. The largest absolute Gasteiger partial charge is 0.388 e. The summed E-state index contributed by atoms with van der Waals surface area (Å²) in [6.07, 6.45) is 2.81. The van der Waals surface area contributed by atoms with Gasteiger partial charge in [0.15, 0.2) is 0 Å². The lowest BCUT2D eigenvalue weighted by molar-refractivity contribution is 0.144. The SMILES string of the molecule is CCCC(C)CC(O)c1ccc(Cl)cc1C. The summed E-state index contributed by atoms with van der Waals surface area (Å²) in [5.41, 5.74) is 2.08. The van der Waals surface area contributed by atoms with Crippen LogP contribution < -0.4 is 0 Å². The molecule has 0 aliphatic rings. The minimum Gasteiger partial charge on any atom is -0.388 e. The highest BCUT2D eigenvalue weighted by molar-refractivity contribution is 6.30. The van der Waals surface area contributed by atoms with Gasteiger partial charge in [-0.1, -0.05) is 44.4 Å². The molecule has 0 aliphatic heterocycles. The highest BCUT2D eigenvalue weighted by Crippen LogP contribution is 2.27. The Morgan fingerprint density at radius 1 is 1.38 bits per heavy atom. The van der Waals surface area contributed by atoms with Crippen molar-refractivity contribution in [3.8, 4) is 0 Å². The smallest absolute Gasteiger partial charge is 0.0795 e. The van der Waals surface area contributed by atoms with Crippen LogP contribution in [0.3, 0.4) is 0 Å². The molecule has 2 atom stereocenters. The maximum atomic E-state index is 10.1. The van der Waals surface area contributed by atoms with E-state index in [2.05, 4.69) is 13.8 Å². The molecule has 1 N–H and O–H groups in total. The van der Waals surface area contributed by atoms with Crippen molar-refractivity contribution in [2.24, 2.45) is 5.92 Å². The summed E-state index contributed by atoms with van der Waals surface area (Å²) in [7, 11) is 0. The van der Waals surface area contributed by atoms with E-state index in [4.69, 9.17) is 11.6 Å². The van der Waals surface area contributed by atoms with E-state index in [0.717, 1.165) is 22.6 Å². The second-order valence-electron chi connectivity index (χ2n) is 4.65. The Morgan fingerprint density at radius 2 is 2.06 bits per heavy atom. The van der Waals surface area contributed by atoms with E-state index in [1.165, 1.54) is 12.8 Å². The molecule has 0 aromatic heterocycles. The lowest BCUT2D eigenvalue weighted by Gasteiger charge is -2.18. The lowest BCUT2D eigenvalue weighted by Crippen LogP contribution is -2.06. The number of hydrogen-bond acceptors (Lipinski definition) is 1. The van der Waals surface area contributed by atoms with Crippen molar-refractivity contribution in [2.75, 3.05) is 0 Å². The van der Waals surface area contributed by atoms with E-state index < -0.39 is 0 Å². The fraction of sp³-hybridized carbons (Fsp3) is 0.571. The molecular formula is C14H21ClO. The average molecular weight is 241 g/mol. The molecule has 0 heterocycles. The molecule has 1 aromatic rings. The van der Waals surface area contributed by atoms with Crippen molar-refractivity contribution in [3.63, 3.8) is 0 Å². The maximum Gasteiger partial charge on any atom is 0.0795 e. The van der Waals surface area contributed by atoms with Gasteiger partial charge in [0.2, 0.25) is 0 Å². The van der Waals surface area contributed by atoms with E-state index >= 15 is 0 Å². The van der Waals surface area contributed by atoms with Gasteiger partial charge in [-0.25, -0.2) is 0 Å². The van der Waals surface area contributed by atoms with Crippen LogP contribution in [0.5, 0.6) is 0 Å². The molecule has 0 spiro atoms. The Morgan fingerprint density at radius 3 is 2.62 bits per heavy atom. The quantitative estimate of drug-likeness (QED) is 0.803. The number of aliphatic hydroxyl groups excluding tert-OH is 1. The van der Waals surface area contributed by atoms with E-state index in [-0.39, 0.29) is 6.10 Å². The van der Waals surface area contributed by atoms with E-state index in [9.17, 15) is 5.11 Å². The van der Waals surface area contributed by atoms with Gasteiger partial charge in [0.05, 0.1) is 6.10 Å². The zero-order chi connectivity index (χ0) is 12.1. The van der Waals surface area contributed by atoms with Crippen LogP contribution in [0.4, 0.5) is 0 Å². The van der Waals surface area contributed by atoms with Gasteiger partial charge >= 0.3 is 0 Å². The minimum absolute atomic E-state index is 0.362. The van der Waals surface area contributed by atoms with Gasteiger partial charge in [0, 0.05) is 5.02 Å². The van der Waals surface area contributed by atoms with Crippen LogP contribution in [0.15, 0.2) is 18.2 Å². The van der Waals surface area contributed by atoms with Crippen molar-refractivity contribution in [1.82, 2.24) is 0 Å². The summed E-state index contributed by atoms with van der Waals surface area (Å²) >= 11 is 5.90. The van der Waals surface area contributed by atoms with Gasteiger partial charge in [-0.2, -0.15) is 0 Å². The maximum absolute atomic E-state index is 10.1. The number of aliphatic hydroxyl groups is 1. The monoisotopic (exact) mass is 240 g/mol. The molecule has 0 saturated heterocycles. The van der Waals surface area contributed by atoms with Crippen LogP contribution >= 0.6 is 11.6 Å². The van der Waals surface area contributed by atoms with Gasteiger partial charge in [-0.15, -0.1) is 0 Å². The second-order valence-corrected chi connectivity index (χ2v) is 5.08. The third-order valence-corrected chi connectivity index (χ3v) is 3.23. The Hall–Kier alpha value is -0.530.